The van der Waals surface area contributed by atoms with Crippen LogP contribution in [0.2, 0.25) is 0 Å². The Morgan fingerprint density at radius 1 is 1.24 bits per heavy atom. The van der Waals surface area contributed by atoms with Crippen LogP contribution < -0.4 is 5.32 Å². The zero-order valence-electron chi connectivity index (χ0n) is 10.0. The van der Waals surface area contributed by atoms with E-state index < -0.39 is 23.2 Å². The van der Waals surface area contributed by atoms with Crippen molar-refractivity contribution < 1.29 is 18.3 Å². The number of hydrogen-bond acceptors (Lipinski definition) is 3. The quantitative estimate of drug-likeness (QED) is 0.829. The molecule has 0 saturated heterocycles. The molecule has 1 aromatic rings. The van der Waals surface area contributed by atoms with E-state index in [1.807, 2.05) is 0 Å². The van der Waals surface area contributed by atoms with Gasteiger partial charge in [-0.15, -0.1) is 0 Å². The summed E-state index contributed by atoms with van der Waals surface area (Å²) in [6.07, 6.45) is 0. The first-order chi connectivity index (χ1) is 7.76. The second kappa shape index (κ2) is 5.12. The molecule has 3 nitrogen and oxygen atoms in total. The molecule has 0 saturated carbocycles. The lowest BCUT2D eigenvalue weighted by Crippen LogP contribution is -2.28. The maximum Gasteiger partial charge on any atom is 0.325 e. The van der Waals surface area contributed by atoms with Crippen LogP contribution >= 0.6 is 0 Å². The number of rotatable bonds is 3. The van der Waals surface area contributed by atoms with E-state index in [1.54, 1.807) is 20.8 Å². The molecule has 0 aromatic heterocycles. The molecule has 0 aliphatic heterocycles. The molecule has 0 fully saturated rings. The molecule has 0 atom stereocenters. The Kier molecular flexibility index (Phi) is 4.04. The summed E-state index contributed by atoms with van der Waals surface area (Å²) >= 11 is 0. The zero-order chi connectivity index (χ0) is 13.1. The van der Waals surface area contributed by atoms with Gasteiger partial charge in [0.2, 0.25) is 0 Å². The van der Waals surface area contributed by atoms with E-state index >= 15 is 0 Å². The fourth-order valence-electron chi connectivity index (χ4n) is 1.21. The van der Waals surface area contributed by atoms with E-state index in [9.17, 15) is 13.6 Å². The number of nitrogens with one attached hydrogen (secondary N) is 1. The first-order valence-corrected chi connectivity index (χ1v) is 5.18. The second-order valence-electron chi connectivity index (χ2n) is 4.60. The highest BCUT2D eigenvalue weighted by Gasteiger charge is 2.15. The van der Waals surface area contributed by atoms with Gasteiger partial charge in [0.15, 0.2) is 0 Å². The summed E-state index contributed by atoms with van der Waals surface area (Å²) in [5.41, 5.74) is -0.375. The van der Waals surface area contributed by atoms with Gasteiger partial charge in [-0.05, 0) is 32.9 Å². The van der Waals surface area contributed by atoms with Gasteiger partial charge in [0.1, 0.15) is 23.8 Å². The van der Waals surface area contributed by atoms with Crippen LogP contribution in [0.4, 0.5) is 14.5 Å². The molecule has 0 aliphatic carbocycles. The first kappa shape index (κ1) is 13.4. The number of ether oxygens (including phenoxy) is 1. The van der Waals surface area contributed by atoms with Crippen LogP contribution in [0, 0.1) is 11.6 Å². The molecule has 1 aromatic carbocycles. The predicted molar refractivity (Wildman–Crippen MR) is 60.7 cm³/mol. The molecule has 0 amide bonds. The Bertz CT molecular complexity index is 393. The summed E-state index contributed by atoms with van der Waals surface area (Å²) in [5, 5.41) is 2.59. The molecule has 0 heterocycles. The van der Waals surface area contributed by atoms with Crippen LogP contribution in [-0.2, 0) is 9.53 Å². The molecule has 0 spiro atoms. The largest absolute Gasteiger partial charge is 0.459 e. The van der Waals surface area contributed by atoms with Crippen molar-refractivity contribution in [2.75, 3.05) is 11.9 Å². The molecular weight excluding hydrogens is 228 g/mol. The average Bonchev–Trinajstić information content (AvgIpc) is 2.10. The van der Waals surface area contributed by atoms with Crippen LogP contribution in [0.25, 0.3) is 0 Å². The number of hydrogen-bond donors (Lipinski definition) is 1. The number of anilines is 1. The Hall–Kier alpha value is -1.65. The predicted octanol–water partition coefficient (Wildman–Crippen LogP) is 2.72. The normalized spacial score (nSPS) is 11.1. The third-order valence-corrected chi connectivity index (χ3v) is 1.72. The van der Waals surface area contributed by atoms with Crippen LogP contribution in [0.1, 0.15) is 20.8 Å². The highest BCUT2D eigenvalue weighted by Crippen LogP contribution is 2.13. The number of carbonyl (C=O) groups excluding carboxylic acids is 1. The van der Waals surface area contributed by atoms with Gasteiger partial charge in [0.05, 0.1) is 0 Å². The molecule has 1 rings (SSSR count). The Morgan fingerprint density at radius 3 is 2.24 bits per heavy atom. The average molecular weight is 243 g/mol. The summed E-state index contributed by atoms with van der Waals surface area (Å²) in [6, 6.07) is 2.97. The fraction of sp³-hybridized carbons (Fsp3) is 0.417. The molecule has 0 radical (unpaired) electrons. The van der Waals surface area contributed by atoms with E-state index in [1.165, 1.54) is 0 Å². The van der Waals surface area contributed by atoms with Gasteiger partial charge in [0, 0.05) is 11.8 Å². The zero-order valence-corrected chi connectivity index (χ0v) is 10.0. The van der Waals surface area contributed by atoms with Crippen LogP contribution in [0.5, 0.6) is 0 Å². The van der Waals surface area contributed by atoms with Crippen molar-refractivity contribution in [3.8, 4) is 0 Å². The highest BCUT2D eigenvalue weighted by atomic mass is 19.1. The Morgan fingerprint density at radius 2 is 1.76 bits per heavy atom. The van der Waals surface area contributed by atoms with E-state index in [0.29, 0.717) is 0 Å². The highest BCUT2D eigenvalue weighted by molar-refractivity contribution is 5.75. The summed E-state index contributed by atoms with van der Waals surface area (Å²) in [6.45, 7) is 5.09. The van der Waals surface area contributed by atoms with E-state index in [4.69, 9.17) is 4.74 Å². The molecule has 0 unspecified atom stereocenters. The van der Waals surface area contributed by atoms with Crippen molar-refractivity contribution in [2.24, 2.45) is 0 Å². The van der Waals surface area contributed by atoms with Crippen LogP contribution in [0.15, 0.2) is 18.2 Å². The molecule has 17 heavy (non-hydrogen) atoms. The maximum absolute atomic E-state index is 12.8. The third-order valence-electron chi connectivity index (χ3n) is 1.72. The van der Waals surface area contributed by atoms with Crippen LogP contribution in [0.3, 0.4) is 0 Å². The SMILES string of the molecule is CC(C)(C)OC(=O)CNc1cc(F)cc(F)c1. The lowest BCUT2D eigenvalue weighted by Gasteiger charge is -2.19. The summed E-state index contributed by atoms with van der Waals surface area (Å²) in [7, 11) is 0. The fourth-order valence-corrected chi connectivity index (χ4v) is 1.21. The monoisotopic (exact) mass is 243 g/mol. The van der Waals surface area contributed by atoms with Gasteiger partial charge in [-0.25, -0.2) is 8.78 Å². The Balaban J connectivity index is 2.53. The third kappa shape index (κ3) is 5.29. The van der Waals surface area contributed by atoms with Crippen molar-refractivity contribution in [1.29, 1.82) is 0 Å². The summed E-state index contributed by atoms with van der Waals surface area (Å²) in [5.74, 6) is -1.88. The minimum absolute atomic E-state index is 0.139. The minimum atomic E-state index is -0.698. The minimum Gasteiger partial charge on any atom is -0.459 e. The standard InChI is InChI=1S/C12H15F2NO2/c1-12(2,3)17-11(16)7-15-10-5-8(13)4-9(14)6-10/h4-6,15H,7H2,1-3H3. The molecular formula is C12H15F2NO2. The topological polar surface area (TPSA) is 38.3 Å². The molecule has 0 aliphatic rings. The van der Waals surface area contributed by atoms with Gasteiger partial charge < -0.3 is 10.1 Å². The first-order valence-electron chi connectivity index (χ1n) is 5.18. The smallest absolute Gasteiger partial charge is 0.325 e. The second-order valence-corrected chi connectivity index (χ2v) is 4.60. The van der Waals surface area contributed by atoms with E-state index in [-0.39, 0.29) is 12.2 Å². The van der Waals surface area contributed by atoms with Crippen molar-refractivity contribution in [3.63, 3.8) is 0 Å². The molecule has 94 valence electrons. The lowest BCUT2D eigenvalue weighted by atomic mass is 10.2. The van der Waals surface area contributed by atoms with E-state index in [2.05, 4.69) is 5.32 Å². The molecule has 5 heteroatoms. The van der Waals surface area contributed by atoms with Gasteiger partial charge in [-0.3, -0.25) is 4.79 Å². The lowest BCUT2D eigenvalue weighted by molar-refractivity contribution is -0.152. The number of benzene rings is 1. The van der Waals surface area contributed by atoms with Gasteiger partial charge in [-0.2, -0.15) is 0 Å². The van der Waals surface area contributed by atoms with Crippen molar-refractivity contribution in [3.05, 3.63) is 29.8 Å². The molecule has 0 bridgehead atoms. The van der Waals surface area contributed by atoms with Crippen molar-refractivity contribution in [1.82, 2.24) is 0 Å². The Labute approximate surface area is 98.8 Å². The van der Waals surface area contributed by atoms with E-state index in [0.717, 1.165) is 18.2 Å². The summed E-state index contributed by atoms with van der Waals surface area (Å²) in [4.78, 5) is 11.3. The number of carbonyl (C=O) groups is 1. The van der Waals surface area contributed by atoms with Crippen molar-refractivity contribution >= 4 is 11.7 Å². The van der Waals surface area contributed by atoms with Gasteiger partial charge in [0.25, 0.3) is 0 Å². The van der Waals surface area contributed by atoms with Gasteiger partial charge in [-0.1, -0.05) is 0 Å². The summed E-state index contributed by atoms with van der Waals surface area (Å²) < 4.78 is 30.7. The van der Waals surface area contributed by atoms with Crippen molar-refractivity contribution in [2.45, 2.75) is 26.4 Å². The maximum atomic E-state index is 12.8. The number of esters is 1. The van der Waals surface area contributed by atoms with Crippen LogP contribution in [-0.4, -0.2) is 18.1 Å². The molecule has 1 N–H and O–H groups in total. The van der Waals surface area contributed by atoms with Gasteiger partial charge >= 0.3 is 5.97 Å². The number of halogens is 2.